The smallest absolute Gasteiger partial charge is 0.341 e. The summed E-state index contributed by atoms with van der Waals surface area (Å²) in [6, 6.07) is 3.34. The molecule has 0 aliphatic heterocycles. The third kappa shape index (κ3) is 4.85. The summed E-state index contributed by atoms with van der Waals surface area (Å²) in [5.74, 6) is 5.68. The number of rotatable bonds is 9. The standard InChI is InChI=1S/C24H26ClFN8O2/c1-36-24(35)18-6-15(14-2-3-14)9-33-11-17(31-23(18)33)12-34(28)10-16(27)7-29-8-20-22-21(26)19(25)4-5-32(22)13-30-20/h4-6,9-11,13-14,29H,2-3,7-8,12,27-28H2,1H3/b16-10-. The quantitative estimate of drug-likeness (QED) is 0.177. The van der Waals surface area contributed by atoms with Crippen LogP contribution in [0.3, 0.4) is 0 Å². The Morgan fingerprint density at radius 3 is 2.94 bits per heavy atom. The average molecular weight is 513 g/mol. The predicted octanol–water partition coefficient (Wildman–Crippen LogP) is 2.70. The van der Waals surface area contributed by atoms with Gasteiger partial charge in [0.1, 0.15) is 11.1 Å². The van der Waals surface area contributed by atoms with Crippen molar-refractivity contribution in [2.24, 2.45) is 11.6 Å². The lowest BCUT2D eigenvalue weighted by Crippen LogP contribution is -2.29. The van der Waals surface area contributed by atoms with E-state index in [-0.39, 0.29) is 11.6 Å². The molecular weight excluding hydrogens is 487 g/mol. The molecule has 0 atom stereocenters. The van der Waals surface area contributed by atoms with E-state index >= 15 is 0 Å². The fourth-order valence-electron chi connectivity index (χ4n) is 4.18. The zero-order valence-electron chi connectivity index (χ0n) is 19.6. The minimum atomic E-state index is -0.517. The summed E-state index contributed by atoms with van der Waals surface area (Å²) in [6.45, 7) is 0.868. The molecule has 5 N–H and O–H groups in total. The van der Waals surface area contributed by atoms with Gasteiger partial charge in [-0.3, -0.25) is 0 Å². The van der Waals surface area contributed by atoms with Gasteiger partial charge in [-0.2, -0.15) is 0 Å². The maximum absolute atomic E-state index is 14.4. The summed E-state index contributed by atoms with van der Waals surface area (Å²) in [6.07, 6.45) is 10.8. The summed E-state index contributed by atoms with van der Waals surface area (Å²) in [4.78, 5) is 21.1. The van der Waals surface area contributed by atoms with E-state index in [4.69, 9.17) is 27.9 Å². The van der Waals surface area contributed by atoms with Gasteiger partial charge < -0.3 is 29.6 Å². The zero-order chi connectivity index (χ0) is 25.4. The first-order valence-corrected chi connectivity index (χ1v) is 11.8. The third-order valence-electron chi connectivity index (χ3n) is 6.04. The molecule has 0 bridgehead atoms. The molecule has 0 aromatic carbocycles. The molecule has 0 amide bonds. The normalized spacial score (nSPS) is 14.1. The van der Waals surface area contributed by atoms with Crippen LogP contribution in [-0.4, -0.2) is 43.4 Å². The zero-order valence-corrected chi connectivity index (χ0v) is 20.4. The molecular formula is C24H26ClFN8O2. The van der Waals surface area contributed by atoms with Gasteiger partial charge in [-0.25, -0.2) is 25.0 Å². The number of ether oxygens (including phenoxy) is 1. The number of fused-ring (bicyclic) bond motifs is 2. The molecule has 0 spiro atoms. The number of hydrogen-bond acceptors (Lipinski definition) is 8. The highest BCUT2D eigenvalue weighted by atomic mass is 35.5. The summed E-state index contributed by atoms with van der Waals surface area (Å²) < 4.78 is 22.7. The summed E-state index contributed by atoms with van der Waals surface area (Å²) in [7, 11) is 1.36. The van der Waals surface area contributed by atoms with Crippen LogP contribution in [0.1, 0.15) is 46.1 Å². The average Bonchev–Trinajstić information content (AvgIpc) is 3.50. The van der Waals surface area contributed by atoms with Crippen molar-refractivity contribution >= 4 is 28.7 Å². The van der Waals surface area contributed by atoms with E-state index in [9.17, 15) is 9.18 Å². The number of nitrogens with two attached hydrogens (primary N) is 2. The molecule has 1 saturated carbocycles. The second-order valence-corrected chi connectivity index (χ2v) is 9.23. The van der Waals surface area contributed by atoms with Crippen LogP contribution in [0.4, 0.5) is 4.39 Å². The molecule has 10 nitrogen and oxygen atoms in total. The minimum Gasteiger partial charge on any atom is -0.465 e. The molecule has 188 valence electrons. The van der Waals surface area contributed by atoms with Crippen LogP contribution in [-0.2, 0) is 17.8 Å². The molecule has 0 radical (unpaired) electrons. The van der Waals surface area contributed by atoms with Crippen molar-refractivity contribution in [3.8, 4) is 0 Å². The number of carbonyl (C=O) groups is 1. The van der Waals surface area contributed by atoms with Crippen molar-refractivity contribution in [3.63, 3.8) is 0 Å². The van der Waals surface area contributed by atoms with Crippen LogP contribution in [0, 0.1) is 5.82 Å². The van der Waals surface area contributed by atoms with Gasteiger partial charge >= 0.3 is 5.97 Å². The highest BCUT2D eigenvalue weighted by Gasteiger charge is 2.26. The summed E-state index contributed by atoms with van der Waals surface area (Å²) in [5.41, 5.74) is 10.1. The molecule has 4 heterocycles. The summed E-state index contributed by atoms with van der Waals surface area (Å²) >= 11 is 5.89. The van der Waals surface area contributed by atoms with E-state index in [1.165, 1.54) is 24.5 Å². The Balaban J connectivity index is 1.24. The van der Waals surface area contributed by atoms with Crippen molar-refractivity contribution in [3.05, 3.63) is 82.3 Å². The third-order valence-corrected chi connectivity index (χ3v) is 6.33. The topological polar surface area (TPSA) is 128 Å². The molecule has 0 unspecified atom stereocenters. The number of nitrogens with zero attached hydrogens (tertiary/aromatic N) is 5. The van der Waals surface area contributed by atoms with Crippen LogP contribution >= 0.6 is 11.6 Å². The molecule has 4 aromatic rings. The number of hydrogen-bond donors (Lipinski definition) is 3. The second kappa shape index (κ2) is 9.76. The van der Waals surface area contributed by atoms with Gasteiger partial charge in [-0.15, -0.1) is 0 Å². The molecule has 36 heavy (non-hydrogen) atoms. The Labute approximate surface area is 211 Å². The Hall–Kier alpha value is -3.67. The number of methoxy groups -OCH3 is 1. The monoisotopic (exact) mass is 512 g/mol. The lowest BCUT2D eigenvalue weighted by molar-refractivity contribution is 0.0602. The Kier molecular flexibility index (Phi) is 6.52. The van der Waals surface area contributed by atoms with E-state index in [0.717, 1.165) is 18.4 Å². The number of halogens is 2. The number of esters is 1. The molecule has 1 fully saturated rings. The van der Waals surface area contributed by atoms with Crippen molar-refractivity contribution < 1.29 is 13.9 Å². The molecule has 1 aliphatic carbocycles. The number of imidazole rings is 2. The lowest BCUT2D eigenvalue weighted by Gasteiger charge is -2.13. The van der Waals surface area contributed by atoms with Gasteiger partial charge in [0, 0.05) is 43.6 Å². The largest absolute Gasteiger partial charge is 0.465 e. The number of hydrazine groups is 1. The van der Waals surface area contributed by atoms with Crippen molar-refractivity contribution in [1.82, 2.24) is 29.1 Å². The van der Waals surface area contributed by atoms with E-state index in [0.29, 0.717) is 52.8 Å². The molecule has 5 rings (SSSR count). The van der Waals surface area contributed by atoms with E-state index in [2.05, 4.69) is 15.3 Å². The lowest BCUT2D eigenvalue weighted by atomic mass is 10.1. The summed E-state index contributed by atoms with van der Waals surface area (Å²) in [5, 5.41) is 4.59. The Bertz CT molecular complexity index is 1480. The van der Waals surface area contributed by atoms with Crippen LogP contribution in [0.2, 0.25) is 5.02 Å². The molecule has 1 aliphatic rings. The number of aromatic nitrogens is 4. The Morgan fingerprint density at radius 1 is 1.39 bits per heavy atom. The van der Waals surface area contributed by atoms with Crippen LogP contribution in [0.15, 0.2) is 48.9 Å². The molecule has 0 saturated heterocycles. The van der Waals surface area contributed by atoms with E-state index in [1.54, 1.807) is 16.8 Å². The van der Waals surface area contributed by atoms with Crippen LogP contribution in [0.5, 0.6) is 0 Å². The van der Waals surface area contributed by atoms with Gasteiger partial charge in [-0.1, -0.05) is 11.6 Å². The predicted molar refractivity (Wildman–Crippen MR) is 132 cm³/mol. The van der Waals surface area contributed by atoms with Crippen molar-refractivity contribution in [1.29, 1.82) is 0 Å². The van der Waals surface area contributed by atoms with E-state index < -0.39 is 11.8 Å². The fraction of sp³-hybridized carbons (Fsp3) is 0.292. The minimum absolute atomic E-state index is 0.0387. The highest BCUT2D eigenvalue weighted by molar-refractivity contribution is 6.31. The van der Waals surface area contributed by atoms with Gasteiger partial charge in [0.05, 0.1) is 36.4 Å². The fourth-order valence-corrected chi connectivity index (χ4v) is 4.32. The Morgan fingerprint density at radius 2 is 2.19 bits per heavy atom. The maximum Gasteiger partial charge on any atom is 0.341 e. The first-order chi connectivity index (χ1) is 17.3. The molecule has 4 aromatic heterocycles. The van der Waals surface area contributed by atoms with Crippen LogP contribution in [0.25, 0.3) is 11.2 Å². The van der Waals surface area contributed by atoms with Gasteiger partial charge in [0.2, 0.25) is 0 Å². The SMILES string of the molecule is COC(=O)c1cc(C2CC2)cn2cc(CN(N)/C=C(\N)CNCc3ncn4ccc(Cl)c(F)c34)nc12. The number of carbonyl (C=O) groups excluding carboxylic acids is 1. The first kappa shape index (κ1) is 24.0. The second-order valence-electron chi connectivity index (χ2n) is 8.82. The first-order valence-electron chi connectivity index (χ1n) is 11.4. The maximum atomic E-state index is 14.4. The highest BCUT2D eigenvalue weighted by Crippen LogP contribution is 2.40. The number of nitrogens with one attached hydrogen (secondary N) is 1. The van der Waals surface area contributed by atoms with Crippen LogP contribution < -0.4 is 16.9 Å². The van der Waals surface area contributed by atoms with Gasteiger partial charge in [-0.05, 0) is 36.5 Å². The van der Waals surface area contributed by atoms with Gasteiger partial charge in [0.15, 0.2) is 11.5 Å². The van der Waals surface area contributed by atoms with Crippen molar-refractivity contribution in [2.45, 2.75) is 31.8 Å². The van der Waals surface area contributed by atoms with E-state index in [1.807, 2.05) is 22.9 Å². The molecule has 12 heteroatoms. The van der Waals surface area contributed by atoms with Gasteiger partial charge in [0.25, 0.3) is 0 Å². The number of pyridine rings is 2. The van der Waals surface area contributed by atoms with Crippen molar-refractivity contribution in [2.75, 3.05) is 13.7 Å².